The van der Waals surface area contributed by atoms with E-state index < -0.39 is 0 Å². The van der Waals surface area contributed by atoms with Crippen molar-refractivity contribution in [3.8, 4) is 0 Å². The summed E-state index contributed by atoms with van der Waals surface area (Å²) in [6, 6.07) is 10.6. The van der Waals surface area contributed by atoms with Crippen LogP contribution < -0.4 is 4.90 Å². The molecule has 1 aliphatic rings. The summed E-state index contributed by atoms with van der Waals surface area (Å²) in [6.45, 7) is 6.23. The summed E-state index contributed by atoms with van der Waals surface area (Å²) in [5.74, 6) is 0.276. The molecule has 110 valence electrons. The van der Waals surface area contributed by atoms with Gasteiger partial charge in [0.15, 0.2) is 0 Å². The molecule has 0 N–H and O–H groups in total. The van der Waals surface area contributed by atoms with Gasteiger partial charge < -0.3 is 4.90 Å². The molecule has 0 spiro atoms. The molecule has 0 unspecified atom stereocenters. The van der Waals surface area contributed by atoms with E-state index in [1.807, 2.05) is 18.2 Å². The van der Waals surface area contributed by atoms with E-state index in [2.05, 4.69) is 37.8 Å². The van der Waals surface area contributed by atoms with Gasteiger partial charge in [0.05, 0.1) is 0 Å². The van der Waals surface area contributed by atoms with E-state index in [1.54, 1.807) is 0 Å². The summed E-state index contributed by atoms with van der Waals surface area (Å²) in [6.07, 6.45) is 6.95. The molecule has 2 rings (SSSR count). The van der Waals surface area contributed by atoms with Crippen LogP contribution in [0.1, 0.15) is 59.3 Å². The first kappa shape index (κ1) is 15.1. The molecule has 0 aliphatic heterocycles. The van der Waals surface area contributed by atoms with Gasteiger partial charge in [-0.25, -0.2) is 0 Å². The highest BCUT2D eigenvalue weighted by atomic mass is 16.2. The molecule has 2 heteroatoms. The van der Waals surface area contributed by atoms with Crippen molar-refractivity contribution in [3.63, 3.8) is 0 Å². The van der Waals surface area contributed by atoms with Crippen molar-refractivity contribution in [2.75, 3.05) is 4.90 Å². The third-order valence-electron chi connectivity index (χ3n) is 4.66. The monoisotopic (exact) mass is 273 g/mol. The molecule has 1 aliphatic carbocycles. The van der Waals surface area contributed by atoms with Crippen molar-refractivity contribution in [2.24, 2.45) is 5.41 Å². The molecule has 0 atom stereocenters. The lowest BCUT2D eigenvalue weighted by Gasteiger charge is -2.39. The number of benzene rings is 1. The molecule has 0 radical (unpaired) electrons. The highest BCUT2D eigenvalue weighted by Gasteiger charge is 2.35. The number of amides is 1. The van der Waals surface area contributed by atoms with E-state index in [0.29, 0.717) is 6.04 Å². The van der Waals surface area contributed by atoms with E-state index in [-0.39, 0.29) is 11.3 Å². The first-order chi connectivity index (χ1) is 9.56. The Kier molecular flexibility index (Phi) is 4.85. The van der Waals surface area contributed by atoms with Gasteiger partial charge in [-0.1, -0.05) is 58.2 Å². The fraction of sp³-hybridized carbons (Fsp3) is 0.611. The third kappa shape index (κ3) is 3.23. The molecule has 20 heavy (non-hydrogen) atoms. The van der Waals surface area contributed by atoms with E-state index >= 15 is 0 Å². The molecule has 1 aromatic rings. The van der Waals surface area contributed by atoms with Gasteiger partial charge in [-0.2, -0.15) is 0 Å². The van der Waals surface area contributed by atoms with Gasteiger partial charge in [0.2, 0.25) is 5.91 Å². The lowest BCUT2D eigenvalue weighted by atomic mass is 9.85. The zero-order chi connectivity index (χ0) is 14.6. The normalized spacial score (nSPS) is 16.9. The largest absolute Gasteiger partial charge is 0.309 e. The van der Waals surface area contributed by atoms with Gasteiger partial charge in [-0.15, -0.1) is 0 Å². The molecule has 1 aromatic carbocycles. The number of hydrogen-bond acceptors (Lipinski definition) is 1. The quantitative estimate of drug-likeness (QED) is 0.772. The average Bonchev–Trinajstić information content (AvgIpc) is 2.49. The fourth-order valence-electron chi connectivity index (χ4n) is 2.90. The summed E-state index contributed by atoms with van der Waals surface area (Å²) < 4.78 is 0. The van der Waals surface area contributed by atoms with Crippen LogP contribution in [0.4, 0.5) is 5.69 Å². The zero-order valence-electron chi connectivity index (χ0n) is 13.1. The van der Waals surface area contributed by atoms with E-state index in [4.69, 9.17) is 0 Å². The van der Waals surface area contributed by atoms with Crippen molar-refractivity contribution >= 4 is 11.6 Å². The van der Waals surface area contributed by atoms with Gasteiger partial charge >= 0.3 is 0 Å². The number of carbonyl (C=O) groups excluding carboxylic acids is 1. The lowest BCUT2D eigenvalue weighted by molar-refractivity contribution is -0.127. The maximum absolute atomic E-state index is 13.0. The number of hydrogen-bond donors (Lipinski definition) is 0. The number of para-hydroxylation sites is 1. The van der Waals surface area contributed by atoms with Gasteiger partial charge in [-0.05, 0) is 31.4 Å². The lowest BCUT2D eigenvalue weighted by Crippen LogP contribution is -2.47. The Morgan fingerprint density at radius 3 is 2.30 bits per heavy atom. The molecule has 0 aromatic heterocycles. The molecular weight excluding hydrogens is 246 g/mol. The molecule has 2 nitrogen and oxygen atoms in total. The molecule has 0 bridgehead atoms. The molecule has 1 amide bonds. The minimum absolute atomic E-state index is 0.276. The van der Waals surface area contributed by atoms with Crippen LogP contribution >= 0.6 is 0 Å². The number of anilines is 1. The first-order valence-corrected chi connectivity index (χ1v) is 7.95. The SMILES string of the molecule is CCC(C)(C)C(=O)N(c1ccccc1)C1CCCCC1. The van der Waals surface area contributed by atoms with Gasteiger partial charge in [0, 0.05) is 17.1 Å². The van der Waals surface area contributed by atoms with Crippen molar-refractivity contribution in [1.82, 2.24) is 0 Å². The molecule has 0 heterocycles. The summed E-state index contributed by atoms with van der Waals surface area (Å²) in [4.78, 5) is 15.1. The second kappa shape index (κ2) is 6.43. The van der Waals surface area contributed by atoms with Crippen LogP contribution in [0.15, 0.2) is 30.3 Å². The van der Waals surface area contributed by atoms with Gasteiger partial charge in [-0.3, -0.25) is 4.79 Å². The fourth-order valence-corrected chi connectivity index (χ4v) is 2.90. The predicted octanol–water partition coefficient (Wildman–Crippen LogP) is 4.79. The van der Waals surface area contributed by atoms with Crippen LogP contribution in [0.3, 0.4) is 0 Å². The Balaban J connectivity index is 2.31. The minimum atomic E-state index is -0.284. The Morgan fingerprint density at radius 1 is 1.15 bits per heavy atom. The van der Waals surface area contributed by atoms with Crippen LogP contribution in [0.5, 0.6) is 0 Å². The summed E-state index contributed by atoms with van der Waals surface area (Å²) >= 11 is 0. The molecule has 1 fully saturated rings. The third-order valence-corrected chi connectivity index (χ3v) is 4.66. The smallest absolute Gasteiger partial charge is 0.232 e. The minimum Gasteiger partial charge on any atom is -0.309 e. The van der Waals surface area contributed by atoms with E-state index in [9.17, 15) is 4.79 Å². The van der Waals surface area contributed by atoms with E-state index in [1.165, 1.54) is 19.3 Å². The van der Waals surface area contributed by atoms with Crippen molar-refractivity contribution in [2.45, 2.75) is 65.3 Å². The first-order valence-electron chi connectivity index (χ1n) is 7.95. The van der Waals surface area contributed by atoms with Crippen molar-refractivity contribution < 1.29 is 4.79 Å². The van der Waals surface area contributed by atoms with Crippen molar-refractivity contribution in [3.05, 3.63) is 30.3 Å². The second-order valence-electron chi connectivity index (χ2n) is 6.54. The molecule has 0 saturated heterocycles. The highest BCUT2D eigenvalue weighted by molar-refractivity contribution is 5.97. The van der Waals surface area contributed by atoms with Crippen molar-refractivity contribution in [1.29, 1.82) is 0 Å². The van der Waals surface area contributed by atoms with Crippen LogP contribution in [0.2, 0.25) is 0 Å². The number of nitrogens with zero attached hydrogens (tertiary/aromatic N) is 1. The number of carbonyl (C=O) groups is 1. The summed E-state index contributed by atoms with van der Waals surface area (Å²) in [7, 11) is 0. The van der Waals surface area contributed by atoms with Crippen LogP contribution in [-0.2, 0) is 4.79 Å². The molecule has 1 saturated carbocycles. The standard InChI is InChI=1S/C18H27NO/c1-4-18(2,3)17(20)19(15-11-7-5-8-12-15)16-13-9-6-10-14-16/h5,7-8,11-12,16H,4,6,9-10,13-14H2,1-3H3. The zero-order valence-corrected chi connectivity index (χ0v) is 13.1. The van der Waals surface area contributed by atoms with Crippen LogP contribution in [0, 0.1) is 5.41 Å². The Hall–Kier alpha value is -1.31. The maximum Gasteiger partial charge on any atom is 0.232 e. The Morgan fingerprint density at radius 2 is 1.75 bits per heavy atom. The highest BCUT2D eigenvalue weighted by Crippen LogP contribution is 2.32. The summed E-state index contributed by atoms with van der Waals surface area (Å²) in [5, 5.41) is 0. The van der Waals surface area contributed by atoms with Gasteiger partial charge in [0.1, 0.15) is 0 Å². The second-order valence-corrected chi connectivity index (χ2v) is 6.54. The number of rotatable bonds is 4. The van der Waals surface area contributed by atoms with Crippen LogP contribution in [-0.4, -0.2) is 11.9 Å². The van der Waals surface area contributed by atoms with Gasteiger partial charge in [0.25, 0.3) is 0 Å². The predicted molar refractivity (Wildman–Crippen MR) is 84.9 cm³/mol. The van der Waals surface area contributed by atoms with Crippen LogP contribution in [0.25, 0.3) is 0 Å². The molecular formula is C18H27NO. The topological polar surface area (TPSA) is 20.3 Å². The average molecular weight is 273 g/mol. The summed E-state index contributed by atoms with van der Waals surface area (Å²) in [5.41, 5.74) is 0.777. The Bertz CT molecular complexity index is 432. The Labute approximate surface area is 123 Å². The van der Waals surface area contributed by atoms with E-state index in [0.717, 1.165) is 24.9 Å². The maximum atomic E-state index is 13.0.